The number of anilines is 2. The molecule has 0 radical (unpaired) electrons. The molecule has 2 aliphatic rings. The first-order valence-corrected chi connectivity index (χ1v) is 12.0. The normalized spacial score (nSPS) is 19.5. The number of carbonyl (C=O) groups excluding carboxylic acids is 2. The SMILES string of the molecule is CCCCOC(=O)c1ccc(N2CCN(C)CC2)cc1N(C(=O)C(F)(F)F)C1CCC(F)(F)CC1. The molecule has 2 fully saturated rings. The van der Waals surface area contributed by atoms with E-state index in [1.807, 2.05) is 18.9 Å². The summed E-state index contributed by atoms with van der Waals surface area (Å²) in [6, 6.07) is 3.26. The second-order valence-corrected chi connectivity index (χ2v) is 9.24. The van der Waals surface area contributed by atoms with Crippen molar-refractivity contribution in [2.75, 3.05) is 49.6 Å². The van der Waals surface area contributed by atoms with E-state index in [9.17, 15) is 31.5 Å². The molecule has 1 saturated carbocycles. The number of alkyl halides is 5. The van der Waals surface area contributed by atoms with Gasteiger partial charge in [-0.2, -0.15) is 13.2 Å². The number of piperazine rings is 1. The number of carbonyl (C=O) groups is 2. The molecule has 0 atom stereocenters. The van der Waals surface area contributed by atoms with Crippen molar-refractivity contribution in [1.82, 2.24) is 4.90 Å². The van der Waals surface area contributed by atoms with E-state index in [-0.39, 0.29) is 30.7 Å². The van der Waals surface area contributed by atoms with Gasteiger partial charge >= 0.3 is 18.1 Å². The standard InChI is InChI=1S/C24H32F5N3O3/c1-3-4-15-35-21(33)19-6-5-18(31-13-11-30(2)12-14-31)16-20(19)32(22(34)24(27,28)29)17-7-9-23(25,26)10-8-17/h5-6,16-17H,3-4,7-15H2,1-2H3. The zero-order chi connectivity index (χ0) is 25.8. The smallest absolute Gasteiger partial charge is 0.462 e. The van der Waals surface area contributed by atoms with Gasteiger partial charge in [-0.25, -0.2) is 13.6 Å². The van der Waals surface area contributed by atoms with E-state index in [1.165, 1.54) is 12.1 Å². The van der Waals surface area contributed by atoms with Gasteiger partial charge in [0.25, 0.3) is 0 Å². The van der Waals surface area contributed by atoms with Gasteiger partial charge in [-0.15, -0.1) is 0 Å². The third kappa shape index (κ3) is 6.83. The van der Waals surface area contributed by atoms with Crippen molar-refractivity contribution in [3.05, 3.63) is 23.8 Å². The number of unbranched alkanes of at least 4 members (excludes halogenated alkanes) is 1. The Morgan fingerprint density at radius 2 is 1.74 bits per heavy atom. The van der Waals surface area contributed by atoms with Crippen LogP contribution in [0.3, 0.4) is 0 Å². The first-order chi connectivity index (χ1) is 16.4. The highest BCUT2D eigenvalue weighted by atomic mass is 19.4. The summed E-state index contributed by atoms with van der Waals surface area (Å²) in [5.74, 6) is -6.02. The van der Waals surface area contributed by atoms with Crippen LogP contribution in [0.1, 0.15) is 55.8 Å². The van der Waals surface area contributed by atoms with Crippen LogP contribution in [0, 0.1) is 0 Å². The zero-order valence-electron chi connectivity index (χ0n) is 20.0. The summed E-state index contributed by atoms with van der Waals surface area (Å²) in [5, 5.41) is 0. The molecule has 1 saturated heterocycles. The summed E-state index contributed by atoms with van der Waals surface area (Å²) in [6.45, 7) is 4.67. The topological polar surface area (TPSA) is 53.1 Å². The fraction of sp³-hybridized carbons (Fsp3) is 0.667. The summed E-state index contributed by atoms with van der Waals surface area (Å²) >= 11 is 0. The van der Waals surface area contributed by atoms with Gasteiger partial charge < -0.3 is 19.4 Å². The molecular formula is C24H32F5N3O3. The quantitative estimate of drug-likeness (QED) is 0.301. The second-order valence-electron chi connectivity index (χ2n) is 9.24. The summed E-state index contributed by atoms with van der Waals surface area (Å²) < 4.78 is 73.9. The third-order valence-corrected chi connectivity index (χ3v) is 6.57. The first-order valence-electron chi connectivity index (χ1n) is 12.0. The average molecular weight is 506 g/mol. The molecule has 6 nitrogen and oxygen atoms in total. The number of likely N-dealkylation sites (N-methyl/N-ethyl adjacent to an activating group) is 1. The monoisotopic (exact) mass is 505 g/mol. The number of hydrogen-bond acceptors (Lipinski definition) is 5. The second kappa shape index (κ2) is 11.1. The van der Waals surface area contributed by atoms with Gasteiger partial charge in [-0.05, 0) is 44.5 Å². The van der Waals surface area contributed by atoms with E-state index in [2.05, 4.69) is 4.90 Å². The lowest BCUT2D eigenvalue weighted by molar-refractivity contribution is -0.171. The van der Waals surface area contributed by atoms with Crippen LogP contribution in [0.5, 0.6) is 0 Å². The van der Waals surface area contributed by atoms with E-state index in [0.29, 0.717) is 30.1 Å². The Morgan fingerprint density at radius 3 is 2.31 bits per heavy atom. The third-order valence-electron chi connectivity index (χ3n) is 6.57. The first kappa shape index (κ1) is 27.2. The van der Waals surface area contributed by atoms with Gasteiger partial charge in [0, 0.05) is 50.7 Å². The molecule has 0 unspecified atom stereocenters. The lowest BCUT2D eigenvalue weighted by atomic mass is 9.90. The fourth-order valence-corrected chi connectivity index (χ4v) is 4.43. The lowest BCUT2D eigenvalue weighted by Gasteiger charge is -2.39. The number of esters is 1. The van der Waals surface area contributed by atoms with Crippen molar-refractivity contribution >= 4 is 23.3 Å². The van der Waals surface area contributed by atoms with Crippen molar-refractivity contribution in [1.29, 1.82) is 0 Å². The highest BCUT2D eigenvalue weighted by molar-refractivity contribution is 6.05. The van der Waals surface area contributed by atoms with Crippen molar-refractivity contribution in [2.45, 2.75) is 63.6 Å². The van der Waals surface area contributed by atoms with Crippen LogP contribution in [-0.2, 0) is 9.53 Å². The molecule has 1 amide bonds. The number of rotatable bonds is 7. The molecule has 0 aromatic heterocycles. The minimum Gasteiger partial charge on any atom is -0.462 e. The number of hydrogen-bond donors (Lipinski definition) is 0. The molecule has 0 spiro atoms. The minimum absolute atomic E-state index is 0.0812. The van der Waals surface area contributed by atoms with Gasteiger partial charge in [0.15, 0.2) is 0 Å². The van der Waals surface area contributed by atoms with Gasteiger partial charge in [0.05, 0.1) is 17.9 Å². The summed E-state index contributed by atoms with van der Waals surface area (Å²) in [5.41, 5.74) is 0.119. The Balaban J connectivity index is 2.05. The molecular weight excluding hydrogens is 473 g/mol. The molecule has 1 aromatic rings. The van der Waals surface area contributed by atoms with Crippen molar-refractivity contribution in [3.63, 3.8) is 0 Å². The molecule has 0 bridgehead atoms. The molecule has 35 heavy (non-hydrogen) atoms. The molecule has 196 valence electrons. The lowest BCUT2D eigenvalue weighted by Crippen LogP contribution is -2.50. The van der Waals surface area contributed by atoms with Gasteiger partial charge in [-0.1, -0.05) is 13.3 Å². The van der Waals surface area contributed by atoms with E-state index in [0.717, 1.165) is 19.5 Å². The number of benzene rings is 1. The summed E-state index contributed by atoms with van der Waals surface area (Å²) in [7, 11) is 1.96. The van der Waals surface area contributed by atoms with Gasteiger partial charge in [0.1, 0.15) is 0 Å². The predicted octanol–water partition coefficient (Wildman–Crippen LogP) is 4.87. The molecule has 1 aliphatic heterocycles. The van der Waals surface area contributed by atoms with E-state index in [1.54, 1.807) is 6.07 Å². The maximum absolute atomic E-state index is 13.8. The number of nitrogens with zero attached hydrogens (tertiary/aromatic N) is 3. The summed E-state index contributed by atoms with van der Waals surface area (Å²) in [4.78, 5) is 30.1. The van der Waals surface area contributed by atoms with Crippen molar-refractivity contribution < 1.29 is 36.3 Å². The Bertz CT molecular complexity index is 891. The Labute approximate surface area is 202 Å². The Morgan fingerprint density at radius 1 is 1.11 bits per heavy atom. The van der Waals surface area contributed by atoms with Crippen LogP contribution < -0.4 is 9.80 Å². The molecule has 1 aliphatic carbocycles. The van der Waals surface area contributed by atoms with Crippen LogP contribution in [0.2, 0.25) is 0 Å². The zero-order valence-corrected chi connectivity index (χ0v) is 20.0. The van der Waals surface area contributed by atoms with Gasteiger partial charge in [0.2, 0.25) is 5.92 Å². The number of halogens is 5. The largest absolute Gasteiger partial charge is 0.471 e. The van der Waals surface area contributed by atoms with Crippen LogP contribution in [0.25, 0.3) is 0 Å². The van der Waals surface area contributed by atoms with Crippen molar-refractivity contribution in [3.8, 4) is 0 Å². The Hall–Kier alpha value is -2.43. The summed E-state index contributed by atoms with van der Waals surface area (Å²) in [6.07, 6.45) is -5.80. The maximum atomic E-state index is 13.8. The maximum Gasteiger partial charge on any atom is 0.471 e. The molecule has 1 aromatic carbocycles. The molecule has 3 rings (SSSR count). The average Bonchev–Trinajstić information content (AvgIpc) is 2.80. The Kier molecular flexibility index (Phi) is 8.61. The minimum atomic E-state index is -5.24. The highest BCUT2D eigenvalue weighted by Gasteiger charge is 2.48. The number of ether oxygens (including phenoxy) is 1. The highest BCUT2D eigenvalue weighted by Crippen LogP contribution is 2.40. The molecule has 1 heterocycles. The number of amides is 1. The van der Waals surface area contributed by atoms with Gasteiger partial charge in [-0.3, -0.25) is 4.79 Å². The van der Waals surface area contributed by atoms with E-state index >= 15 is 0 Å². The molecule has 11 heteroatoms. The van der Waals surface area contributed by atoms with Crippen molar-refractivity contribution in [2.24, 2.45) is 0 Å². The molecule has 0 N–H and O–H groups in total. The predicted molar refractivity (Wildman–Crippen MR) is 122 cm³/mol. The fourth-order valence-electron chi connectivity index (χ4n) is 4.43. The van der Waals surface area contributed by atoms with E-state index < -0.39 is 42.9 Å². The van der Waals surface area contributed by atoms with Crippen LogP contribution >= 0.6 is 0 Å². The van der Waals surface area contributed by atoms with Crippen LogP contribution in [0.15, 0.2) is 18.2 Å². The van der Waals surface area contributed by atoms with Crippen LogP contribution in [0.4, 0.5) is 33.3 Å². The van der Waals surface area contributed by atoms with E-state index in [4.69, 9.17) is 4.74 Å². The van der Waals surface area contributed by atoms with Crippen LogP contribution in [-0.4, -0.2) is 74.8 Å².